The van der Waals surface area contributed by atoms with Crippen LogP contribution in [0.1, 0.15) is 23.6 Å². The van der Waals surface area contributed by atoms with Crippen LogP contribution >= 0.6 is 63.1 Å². The molecule has 202 valence electrons. The highest BCUT2D eigenvalue weighted by molar-refractivity contribution is 7.81. The van der Waals surface area contributed by atoms with Gasteiger partial charge < -0.3 is 0 Å². The molecule has 0 aromatic heterocycles. The number of fused-ring (bicyclic) bond motifs is 1. The van der Waals surface area contributed by atoms with Crippen molar-refractivity contribution in [2.75, 3.05) is 0 Å². The molecule has 0 fully saturated rings. The molecule has 0 aliphatic heterocycles. The maximum Gasteiger partial charge on any atom is 0.0434 e. The SMILES string of the molecule is CC(c1ccc(S)c(-c2ccccc2S)c1)(c1ccc(S)c(-c2ccccc2S)c1)c1ccc2ccccc2c1S. The molecule has 0 nitrogen and oxygen atoms in total. The van der Waals surface area contributed by atoms with Crippen molar-refractivity contribution in [1.82, 2.24) is 0 Å². The monoisotopic (exact) mass is 620 g/mol. The zero-order valence-electron chi connectivity index (χ0n) is 22.3. The van der Waals surface area contributed by atoms with Gasteiger partial charge >= 0.3 is 0 Å². The van der Waals surface area contributed by atoms with E-state index in [2.05, 4.69) is 91.9 Å². The largest absolute Gasteiger partial charge is 0.143 e. The molecule has 6 aromatic rings. The summed E-state index contributed by atoms with van der Waals surface area (Å²) in [6, 6.07) is 42.1. The van der Waals surface area contributed by atoms with Gasteiger partial charge in [-0.15, -0.1) is 63.1 Å². The highest BCUT2D eigenvalue weighted by atomic mass is 32.1. The average Bonchev–Trinajstić information content (AvgIpc) is 2.98. The Labute approximate surface area is 269 Å². The Morgan fingerprint density at radius 3 is 1.44 bits per heavy atom. The summed E-state index contributed by atoms with van der Waals surface area (Å²) >= 11 is 24.4. The predicted octanol–water partition coefficient (Wildman–Crippen LogP) is 11.0. The molecule has 0 radical (unpaired) electrons. The number of rotatable bonds is 5. The molecule has 0 bridgehead atoms. The number of hydrogen-bond donors (Lipinski definition) is 5. The highest BCUT2D eigenvalue weighted by Crippen LogP contribution is 2.47. The molecule has 0 saturated carbocycles. The molecule has 0 N–H and O–H groups in total. The summed E-state index contributed by atoms with van der Waals surface area (Å²) in [6.45, 7) is 2.28. The lowest BCUT2D eigenvalue weighted by Crippen LogP contribution is -2.26. The van der Waals surface area contributed by atoms with Gasteiger partial charge in [-0.25, -0.2) is 0 Å². The quantitative estimate of drug-likeness (QED) is 0.0919. The molecule has 41 heavy (non-hydrogen) atoms. The van der Waals surface area contributed by atoms with Crippen LogP contribution in [0.4, 0.5) is 0 Å². The van der Waals surface area contributed by atoms with Crippen molar-refractivity contribution in [3.8, 4) is 22.3 Å². The fourth-order valence-corrected chi connectivity index (χ4v) is 7.25. The van der Waals surface area contributed by atoms with Crippen molar-refractivity contribution >= 4 is 73.9 Å². The molecule has 0 saturated heterocycles. The summed E-state index contributed by atoms with van der Waals surface area (Å²) in [4.78, 5) is 4.58. The molecule has 0 aliphatic rings. The fourth-order valence-electron chi connectivity index (χ4n) is 5.66. The number of hydrogen-bond acceptors (Lipinski definition) is 5. The van der Waals surface area contributed by atoms with E-state index in [0.29, 0.717) is 0 Å². The van der Waals surface area contributed by atoms with Crippen molar-refractivity contribution in [2.24, 2.45) is 0 Å². The van der Waals surface area contributed by atoms with E-state index in [1.54, 1.807) is 0 Å². The van der Waals surface area contributed by atoms with Gasteiger partial charge in [0.1, 0.15) is 0 Å². The lowest BCUT2D eigenvalue weighted by molar-refractivity contribution is 0.679. The fraction of sp³-hybridized carbons (Fsp3) is 0.0556. The molecule has 0 heterocycles. The summed E-state index contributed by atoms with van der Waals surface area (Å²) in [5.41, 5.74) is 6.98. The van der Waals surface area contributed by atoms with E-state index in [1.807, 2.05) is 36.4 Å². The van der Waals surface area contributed by atoms with E-state index in [4.69, 9.17) is 63.1 Å². The van der Waals surface area contributed by atoms with Crippen LogP contribution < -0.4 is 0 Å². The summed E-state index contributed by atoms with van der Waals surface area (Å²) < 4.78 is 0. The maximum absolute atomic E-state index is 5.17. The van der Waals surface area contributed by atoms with E-state index in [-0.39, 0.29) is 0 Å². The van der Waals surface area contributed by atoms with E-state index >= 15 is 0 Å². The smallest absolute Gasteiger partial charge is 0.0434 e. The molecule has 0 spiro atoms. The minimum absolute atomic E-state index is 0.565. The van der Waals surface area contributed by atoms with Crippen LogP contribution in [-0.4, -0.2) is 0 Å². The van der Waals surface area contributed by atoms with Crippen LogP contribution in [0.25, 0.3) is 33.0 Å². The normalized spacial score (nSPS) is 11.7. The Hall–Kier alpha value is -2.67. The zero-order valence-corrected chi connectivity index (χ0v) is 26.8. The molecule has 6 rings (SSSR count). The first kappa shape index (κ1) is 28.4. The van der Waals surface area contributed by atoms with Crippen LogP contribution in [0.3, 0.4) is 0 Å². The standard InChI is InChI=1S/C36H28S5/c1-36(30-17-14-22-8-2-3-9-25(22)35(30)41,23-15-18-33(39)28(20-23)26-10-4-6-12-31(26)37)24-16-19-34(40)29(21-24)27-11-5-7-13-32(27)38/h2-21,37-41H,1H3. The van der Waals surface area contributed by atoms with Crippen LogP contribution in [0.5, 0.6) is 0 Å². The topological polar surface area (TPSA) is 0 Å². The summed E-state index contributed by atoms with van der Waals surface area (Å²) in [7, 11) is 0. The van der Waals surface area contributed by atoms with Crippen molar-refractivity contribution in [3.05, 3.63) is 138 Å². The Morgan fingerprint density at radius 1 is 0.439 bits per heavy atom. The van der Waals surface area contributed by atoms with Gasteiger partial charge in [-0.3, -0.25) is 0 Å². The molecule has 0 atom stereocenters. The van der Waals surface area contributed by atoms with E-state index in [1.165, 1.54) is 0 Å². The van der Waals surface area contributed by atoms with E-state index in [0.717, 1.165) is 74.2 Å². The van der Waals surface area contributed by atoms with Gasteiger partial charge in [0, 0.05) is 29.9 Å². The van der Waals surface area contributed by atoms with Gasteiger partial charge in [-0.2, -0.15) is 0 Å². The van der Waals surface area contributed by atoms with E-state index < -0.39 is 5.41 Å². The molecular formula is C36H28S5. The highest BCUT2D eigenvalue weighted by Gasteiger charge is 2.34. The van der Waals surface area contributed by atoms with Gasteiger partial charge in [0.15, 0.2) is 0 Å². The van der Waals surface area contributed by atoms with Gasteiger partial charge in [0.2, 0.25) is 0 Å². The number of benzene rings is 6. The Bertz CT molecular complexity index is 1830. The van der Waals surface area contributed by atoms with Gasteiger partial charge in [0.05, 0.1) is 0 Å². The lowest BCUT2D eigenvalue weighted by Gasteiger charge is -2.34. The van der Waals surface area contributed by atoms with Crippen molar-refractivity contribution in [2.45, 2.75) is 36.8 Å². The summed E-state index contributed by atoms with van der Waals surface area (Å²) in [5, 5.41) is 2.28. The predicted molar refractivity (Wildman–Crippen MR) is 190 cm³/mol. The van der Waals surface area contributed by atoms with Crippen LogP contribution in [0.15, 0.2) is 146 Å². The molecule has 0 amide bonds. The van der Waals surface area contributed by atoms with Crippen molar-refractivity contribution in [3.63, 3.8) is 0 Å². The second kappa shape index (κ2) is 11.5. The second-order valence-electron chi connectivity index (χ2n) is 10.3. The van der Waals surface area contributed by atoms with E-state index in [9.17, 15) is 0 Å². The third kappa shape index (κ3) is 5.13. The molecule has 0 unspecified atom stereocenters. The van der Waals surface area contributed by atoms with Crippen LogP contribution in [0, 0.1) is 0 Å². The Balaban J connectivity index is 1.66. The van der Waals surface area contributed by atoms with Crippen LogP contribution in [0.2, 0.25) is 0 Å². The Morgan fingerprint density at radius 2 is 0.902 bits per heavy atom. The molecule has 6 aromatic carbocycles. The number of thiol groups is 5. The van der Waals surface area contributed by atoms with Gasteiger partial charge in [-0.05, 0) is 93.0 Å². The van der Waals surface area contributed by atoms with Crippen molar-refractivity contribution in [1.29, 1.82) is 0 Å². The average molecular weight is 621 g/mol. The van der Waals surface area contributed by atoms with Crippen LogP contribution in [-0.2, 0) is 5.41 Å². The Kier molecular flexibility index (Phi) is 8.01. The van der Waals surface area contributed by atoms with Gasteiger partial charge in [-0.1, -0.05) is 84.9 Å². The first-order valence-corrected chi connectivity index (χ1v) is 15.5. The third-order valence-electron chi connectivity index (χ3n) is 7.98. The first-order chi connectivity index (χ1) is 19.8. The summed E-state index contributed by atoms with van der Waals surface area (Å²) in [5.74, 6) is 0. The van der Waals surface area contributed by atoms with Crippen molar-refractivity contribution < 1.29 is 0 Å². The molecule has 5 heteroatoms. The summed E-state index contributed by atoms with van der Waals surface area (Å²) in [6.07, 6.45) is 0. The minimum Gasteiger partial charge on any atom is -0.143 e. The first-order valence-electron chi connectivity index (χ1n) is 13.2. The third-order valence-corrected chi connectivity index (χ3v) is 10.0. The zero-order chi connectivity index (χ0) is 28.7. The van der Waals surface area contributed by atoms with Gasteiger partial charge in [0.25, 0.3) is 0 Å². The lowest BCUT2D eigenvalue weighted by atomic mass is 9.69. The second-order valence-corrected chi connectivity index (χ2v) is 12.7. The maximum atomic E-state index is 5.17. The molecular weight excluding hydrogens is 593 g/mol. The molecule has 0 aliphatic carbocycles. The minimum atomic E-state index is -0.565.